The van der Waals surface area contributed by atoms with Gasteiger partial charge in [0.05, 0.1) is 66.7 Å². The fourth-order valence-corrected chi connectivity index (χ4v) is 20.7. The summed E-state index contributed by atoms with van der Waals surface area (Å²) >= 11 is 0. The Balaban J connectivity index is 0.000000107. The number of rotatable bonds is 8. The number of nitrogens with zero attached hydrogens (tertiary/aromatic N) is 19. The van der Waals surface area contributed by atoms with Gasteiger partial charge in [0.2, 0.25) is 28.6 Å². The maximum atomic E-state index is 8.74. The summed E-state index contributed by atoms with van der Waals surface area (Å²) in [5.74, 6) is 2.75. The average Bonchev–Trinajstić information content (AvgIpc) is 1.58. The largest absolute Gasteiger partial charge is 0.435 e. The Morgan fingerprint density at radius 2 is 0.493 bits per heavy atom. The number of furan rings is 5. The van der Waals surface area contributed by atoms with Crippen molar-refractivity contribution in [2.24, 2.45) is 0 Å². The maximum absolute atomic E-state index is 8.74. The van der Waals surface area contributed by atoms with Crippen molar-refractivity contribution in [3.63, 3.8) is 0 Å². The van der Waals surface area contributed by atoms with Gasteiger partial charge >= 0.3 is 0 Å². The van der Waals surface area contributed by atoms with Gasteiger partial charge in [-0.15, -0.1) is 0 Å². The second kappa shape index (κ2) is 33.7. The van der Waals surface area contributed by atoms with Gasteiger partial charge < -0.3 is 71.1 Å². The van der Waals surface area contributed by atoms with Crippen molar-refractivity contribution < 1.29 is 34.4 Å². The van der Waals surface area contributed by atoms with Crippen LogP contribution in [0.15, 0.2) is 241 Å². The normalized spacial score (nSPS) is 18.0. The highest BCUT2D eigenvalue weighted by Crippen LogP contribution is 2.55. The molecule has 25 rings (SSSR count). The number of aryl methyl sites for hydroxylation is 10. The molecule has 5 aliphatic heterocycles. The van der Waals surface area contributed by atoms with Crippen LogP contribution >= 0.6 is 0 Å². The Kier molecular flexibility index (Phi) is 19.1. The number of aromatic nitrogens is 9. The number of anilines is 15. The van der Waals surface area contributed by atoms with Crippen LogP contribution in [0.3, 0.4) is 0 Å². The van der Waals surface area contributed by atoms with E-state index in [2.05, 4.69) is 179 Å². The summed E-state index contributed by atoms with van der Waals surface area (Å²) in [5, 5.41) is 10.00. The number of benzene rings is 6. The highest BCUT2D eigenvalue weighted by molar-refractivity contribution is 6.15. The first-order chi connectivity index (χ1) is 68.8. The van der Waals surface area contributed by atoms with E-state index in [9.17, 15) is 0 Å². The molecule has 0 saturated heterocycles. The first kappa shape index (κ1) is 77.1. The molecule has 6 aromatic carbocycles. The number of pyridine rings is 9. The minimum absolute atomic E-state index is 0.0212. The van der Waals surface area contributed by atoms with Gasteiger partial charge in [-0.2, -0.15) is 0 Å². The monoisotopic (exact) mass is 1810 g/mol. The molecule has 0 bridgehead atoms. The van der Waals surface area contributed by atoms with Gasteiger partial charge in [-0.1, -0.05) is 72.8 Å². The minimum atomic E-state index is -2.31. The van der Waals surface area contributed by atoms with E-state index < -0.39 is 44.3 Å². The van der Waals surface area contributed by atoms with Crippen LogP contribution in [0.1, 0.15) is 145 Å². The fraction of sp³-hybridized carbons (Fsp3) is 0.277. The zero-order valence-corrected chi connectivity index (χ0v) is 80.2. The van der Waals surface area contributed by atoms with Crippen LogP contribution in [0, 0.1) is 69.2 Å². The molecule has 5 unspecified atom stereocenters. The van der Waals surface area contributed by atoms with Crippen LogP contribution in [-0.2, 0) is 0 Å². The lowest BCUT2D eigenvalue weighted by atomic mass is 10.1. The summed E-state index contributed by atoms with van der Waals surface area (Å²) in [7, 11) is 0. The number of para-hydroxylation sites is 2. The summed E-state index contributed by atoms with van der Waals surface area (Å²) in [6.45, 7) is 37.1. The third-order valence-corrected chi connectivity index (χ3v) is 26.9. The lowest BCUT2D eigenvalue weighted by molar-refractivity contribution is 0.601. The van der Waals surface area contributed by atoms with Crippen molar-refractivity contribution in [2.45, 2.75) is 194 Å². The molecular formula is C112H113N19O5. The van der Waals surface area contributed by atoms with E-state index in [0.29, 0.717) is 57.1 Å². The van der Waals surface area contributed by atoms with E-state index in [0.717, 1.165) is 195 Å². The van der Waals surface area contributed by atoms with Crippen LogP contribution in [-0.4, -0.2) is 108 Å². The van der Waals surface area contributed by atoms with Crippen LogP contribution in [0.25, 0.3) is 110 Å². The molecule has 19 heterocycles. The Bertz CT molecular complexity index is 7440. The summed E-state index contributed by atoms with van der Waals surface area (Å²) < 4.78 is 106. The van der Waals surface area contributed by atoms with Crippen molar-refractivity contribution in [3.05, 3.63) is 275 Å². The molecule has 0 saturated carbocycles. The van der Waals surface area contributed by atoms with E-state index in [1.165, 1.54) is 9.80 Å². The molecule has 0 amide bonds. The van der Waals surface area contributed by atoms with Crippen molar-refractivity contribution in [1.29, 1.82) is 0 Å². The van der Waals surface area contributed by atoms with Gasteiger partial charge in [0.25, 0.3) is 0 Å². The predicted octanol–water partition coefficient (Wildman–Crippen LogP) is 27.6. The zero-order valence-electron chi connectivity index (χ0n) is 89.2. The molecule has 5 atom stereocenters. The molecule has 20 aromatic rings. The van der Waals surface area contributed by atoms with E-state index in [-0.39, 0.29) is 18.5 Å². The van der Waals surface area contributed by atoms with Crippen LogP contribution in [0.5, 0.6) is 0 Å². The summed E-state index contributed by atoms with van der Waals surface area (Å²) in [6.07, 6.45) is 5.80. The highest BCUT2D eigenvalue weighted by atomic mass is 16.4. The zero-order chi connectivity index (χ0) is 102. The third kappa shape index (κ3) is 14.1. The number of fused-ring (bicyclic) bond motifs is 20. The SMILES string of the molecule is [2H]C(C)(C)N1c2ccccc2N(c2c(C)ccc3c2oc2nc(C)ccc23)C1C.[2H]C(C)(C)N1c2cccnc2N(c2c(C)ccc3c2oc2nc(C)ccc23)C1C.[2H]C(C)(C)N1c2cccnc2N(c2c(C)ccc3c2oc2nc(C)ccc23)C1C.[2H]C([2H])([2H])N1c2cccnc2N(c2c(C)ccc3c2oc2nc(C)ccc23)C1C.[2H]C([2H])([2H])N1c2ncccc2N(c2c(C)ccc3c2oc2nc(C)ccc23)C1C. The van der Waals surface area contributed by atoms with E-state index >= 15 is 0 Å². The van der Waals surface area contributed by atoms with E-state index in [4.69, 9.17) is 44.4 Å². The first-order valence-electron chi connectivity index (χ1n) is 50.7. The molecule has 0 radical (unpaired) electrons. The Morgan fingerprint density at radius 3 is 0.816 bits per heavy atom. The molecule has 0 spiro atoms. The second-order valence-electron chi connectivity index (χ2n) is 36.7. The molecule has 0 N–H and O–H groups in total. The van der Waals surface area contributed by atoms with E-state index in [1.54, 1.807) is 36.9 Å². The summed E-state index contributed by atoms with van der Waals surface area (Å²) in [6, 6.07) is 62.2. The fourth-order valence-electron chi connectivity index (χ4n) is 20.7. The second-order valence-corrected chi connectivity index (χ2v) is 36.7. The van der Waals surface area contributed by atoms with Gasteiger partial charge in [0.1, 0.15) is 30.8 Å². The smallest absolute Gasteiger partial charge is 0.227 e. The third-order valence-electron chi connectivity index (χ3n) is 26.9. The van der Waals surface area contributed by atoms with Crippen LogP contribution < -0.4 is 49.0 Å². The van der Waals surface area contributed by atoms with Gasteiger partial charge in [0, 0.05) is 147 Å². The van der Waals surface area contributed by atoms with Crippen molar-refractivity contribution in [2.75, 3.05) is 63.0 Å². The van der Waals surface area contributed by atoms with Gasteiger partial charge in [0.15, 0.2) is 51.2 Å². The van der Waals surface area contributed by atoms with Crippen LogP contribution in [0.4, 0.5) is 85.8 Å². The van der Waals surface area contributed by atoms with Gasteiger partial charge in [-0.05, 0) is 295 Å². The quantitative estimate of drug-likeness (QED) is 0.138. The van der Waals surface area contributed by atoms with E-state index in [1.807, 2.05) is 223 Å². The molecule has 14 aromatic heterocycles. The molecule has 686 valence electrons. The maximum Gasteiger partial charge on any atom is 0.227 e. The average molecular weight is 1810 g/mol. The molecule has 0 fully saturated rings. The molecule has 0 aliphatic carbocycles. The Labute approximate surface area is 803 Å². The lowest BCUT2D eigenvalue weighted by Crippen LogP contribution is -2.42. The predicted molar refractivity (Wildman–Crippen MR) is 556 cm³/mol. The standard InChI is InChI=1S/C24H25N3O.2C23H24N4O.2C21H20N4O/c1-14(2)26-17(5)27(21-9-7-6-8-20(21)26)22-15(3)10-12-18-19-13-11-16(4)25-24(19)28-23(18)22;2*1-13(2)26-16(5)27(22-19(26)7-6-12-24-22)20-14(3)8-10-17-18-11-9-15(4)25-23(18)28-21(17)20;1-12-7-9-15-16-10-8-13(2)23-21(16)26-19(15)18(12)25-14(3)24(4)20-17(25)6-5-11-22-20;1-12-7-9-15-16-10-8-13(2)23-21(16)26-19(15)18(12)25-14(3)24(4)17-6-5-11-22-20(17)25/h6-14,17H,1-5H3;2*6-13,16H,1-5H3;2*5-11,14H,1-4H3/i14D;2*13D;2*4D3. The lowest BCUT2D eigenvalue weighted by Gasteiger charge is -2.33. The first-order valence-corrected chi connectivity index (χ1v) is 46.2. The van der Waals surface area contributed by atoms with Gasteiger partial charge in [-0.3, -0.25) is 0 Å². The Morgan fingerprint density at radius 1 is 0.250 bits per heavy atom. The summed E-state index contributed by atoms with van der Waals surface area (Å²) in [4.78, 5) is 60.9. The highest BCUT2D eigenvalue weighted by Gasteiger charge is 2.44. The topological polar surface area (TPSA) is 214 Å². The summed E-state index contributed by atoms with van der Waals surface area (Å²) in [5.41, 5.74) is 26.9. The molecule has 24 nitrogen and oxygen atoms in total. The van der Waals surface area contributed by atoms with Crippen molar-refractivity contribution in [1.82, 2.24) is 44.9 Å². The Hall–Kier alpha value is -15.3. The number of hydrogen-bond acceptors (Lipinski definition) is 24. The minimum Gasteiger partial charge on any atom is -0.435 e. The molecule has 24 heteroatoms. The number of hydrogen-bond donors (Lipinski definition) is 0. The van der Waals surface area contributed by atoms with Crippen molar-refractivity contribution >= 4 is 196 Å². The molecule has 5 aliphatic rings. The van der Waals surface area contributed by atoms with Crippen molar-refractivity contribution in [3.8, 4) is 0 Å². The van der Waals surface area contributed by atoms with Crippen LogP contribution in [0.2, 0.25) is 0 Å². The van der Waals surface area contributed by atoms with Gasteiger partial charge in [-0.25, -0.2) is 44.9 Å². The molecule has 136 heavy (non-hydrogen) atoms. The molecular weight excluding hydrogens is 1690 g/mol.